The molecule has 118 valence electrons. The fourth-order valence-corrected chi connectivity index (χ4v) is 3.35. The molecule has 0 unspecified atom stereocenters. The highest BCUT2D eigenvalue weighted by molar-refractivity contribution is 5.46. The Hall–Kier alpha value is -2.40. The topological polar surface area (TPSA) is 46.2 Å². The summed E-state index contributed by atoms with van der Waals surface area (Å²) in [5.74, 6) is 3.22. The highest BCUT2D eigenvalue weighted by Gasteiger charge is 2.30. The summed E-state index contributed by atoms with van der Waals surface area (Å²) in [6.07, 6.45) is 2.14. The van der Waals surface area contributed by atoms with E-state index in [0.717, 1.165) is 47.0 Å². The molecule has 3 aliphatic rings. The van der Waals surface area contributed by atoms with Gasteiger partial charge in [0, 0.05) is 0 Å². The molecule has 0 spiro atoms. The minimum absolute atomic E-state index is 0.0833. The molecule has 5 nitrogen and oxygen atoms in total. The molecule has 5 heteroatoms. The summed E-state index contributed by atoms with van der Waals surface area (Å²) in [4.78, 5) is 0. The van der Waals surface area contributed by atoms with Crippen LogP contribution in [-0.4, -0.2) is 13.6 Å². The van der Waals surface area contributed by atoms with Crippen molar-refractivity contribution >= 4 is 0 Å². The Labute approximate surface area is 133 Å². The summed E-state index contributed by atoms with van der Waals surface area (Å²) >= 11 is 0. The molecule has 0 saturated carbocycles. The third-order valence-electron chi connectivity index (χ3n) is 4.56. The van der Waals surface area contributed by atoms with Crippen LogP contribution in [0.5, 0.6) is 23.0 Å². The summed E-state index contributed by atoms with van der Waals surface area (Å²) in [5.41, 5.74) is 2.27. The number of benzene rings is 2. The third-order valence-corrected chi connectivity index (χ3v) is 4.56. The average molecular weight is 312 g/mol. The first-order chi connectivity index (χ1) is 11.4. The van der Waals surface area contributed by atoms with E-state index in [1.807, 2.05) is 24.3 Å². The second-order valence-electron chi connectivity index (χ2n) is 5.92. The Kier molecular flexibility index (Phi) is 2.88. The van der Waals surface area contributed by atoms with Gasteiger partial charge in [0.1, 0.15) is 0 Å². The summed E-state index contributed by atoms with van der Waals surface area (Å²) in [5, 5.41) is 0. The molecule has 1 fully saturated rings. The van der Waals surface area contributed by atoms with Gasteiger partial charge in [-0.25, -0.2) is 0 Å². The highest BCUT2D eigenvalue weighted by Crippen LogP contribution is 2.45. The second-order valence-corrected chi connectivity index (χ2v) is 5.92. The maximum absolute atomic E-state index is 6.26. The predicted molar refractivity (Wildman–Crippen MR) is 80.9 cm³/mol. The van der Waals surface area contributed by atoms with Crippen LogP contribution in [0.2, 0.25) is 0 Å². The molecule has 2 atom stereocenters. The number of fused-ring (bicyclic) bond motifs is 2. The predicted octanol–water partition coefficient (Wildman–Crippen LogP) is 3.74. The summed E-state index contributed by atoms with van der Waals surface area (Å²) in [6.45, 7) is 0.592. The molecule has 1 saturated heterocycles. The lowest BCUT2D eigenvalue weighted by Crippen LogP contribution is -2.00. The van der Waals surface area contributed by atoms with Crippen molar-refractivity contribution in [2.24, 2.45) is 0 Å². The van der Waals surface area contributed by atoms with E-state index in [1.54, 1.807) is 0 Å². The molecule has 5 rings (SSSR count). The van der Waals surface area contributed by atoms with Gasteiger partial charge in [-0.05, 0) is 48.2 Å². The van der Waals surface area contributed by atoms with E-state index < -0.39 is 0 Å². The molecule has 23 heavy (non-hydrogen) atoms. The quantitative estimate of drug-likeness (QED) is 0.845. The Balaban J connectivity index is 1.36. The lowest BCUT2D eigenvalue weighted by atomic mass is 10.0. The zero-order valence-corrected chi connectivity index (χ0v) is 12.5. The van der Waals surface area contributed by atoms with Gasteiger partial charge in [0.15, 0.2) is 23.0 Å². The first kappa shape index (κ1) is 13.1. The zero-order valence-electron chi connectivity index (χ0n) is 12.5. The van der Waals surface area contributed by atoms with Gasteiger partial charge >= 0.3 is 0 Å². The number of ether oxygens (including phenoxy) is 5. The lowest BCUT2D eigenvalue weighted by Gasteiger charge is -2.15. The Morgan fingerprint density at radius 3 is 1.61 bits per heavy atom. The maximum atomic E-state index is 6.26. The van der Waals surface area contributed by atoms with Crippen molar-refractivity contribution in [2.45, 2.75) is 25.0 Å². The van der Waals surface area contributed by atoms with E-state index >= 15 is 0 Å². The van der Waals surface area contributed by atoms with E-state index in [1.165, 1.54) is 0 Å². The van der Waals surface area contributed by atoms with E-state index in [0.29, 0.717) is 13.6 Å². The lowest BCUT2D eigenvalue weighted by molar-refractivity contribution is 0.0439. The van der Waals surface area contributed by atoms with E-state index in [9.17, 15) is 0 Å². The smallest absolute Gasteiger partial charge is 0.231 e. The van der Waals surface area contributed by atoms with E-state index in [-0.39, 0.29) is 12.2 Å². The molecule has 0 amide bonds. The molecule has 2 aromatic carbocycles. The summed E-state index contributed by atoms with van der Waals surface area (Å²) in [7, 11) is 0. The van der Waals surface area contributed by atoms with Crippen LogP contribution in [0.25, 0.3) is 0 Å². The molecular formula is C18H16O5. The van der Waals surface area contributed by atoms with Crippen LogP contribution in [0.4, 0.5) is 0 Å². The Bertz CT molecular complexity index is 694. The van der Waals surface area contributed by atoms with Crippen LogP contribution in [0.1, 0.15) is 36.2 Å². The van der Waals surface area contributed by atoms with Crippen LogP contribution in [0.3, 0.4) is 0 Å². The monoisotopic (exact) mass is 312 g/mol. The molecule has 0 aromatic heterocycles. The number of rotatable bonds is 2. The molecule has 0 bridgehead atoms. The maximum Gasteiger partial charge on any atom is 0.231 e. The van der Waals surface area contributed by atoms with Crippen molar-refractivity contribution in [3.8, 4) is 23.0 Å². The first-order valence-corrected chi connectivity index (χ1v) is 7.81. The van der Waals surface area contributed by atoms with Crippen LogP contribution in [-0.2, 0) is 4.74 Å². The van der Waals surface area contributed by atoms with Gasteiger partial charge in [0.05, 0.1) is 12.2 Å². The molecule has 3 aliphatic heterocycles. The fraction of sp³-hybridized carbons (Fsp3) is 0.333. The number of hydrogen-bond donors (Lipinski definition) is 0. The van der Waals surface area contributed by atoms with Gasteiger partial charge in [-0.15, -0.1) is 0 Å². The van der Waals surface area contributed by atoms with Crippen molar-refractivity contribution in [3.63, 3.8) is 0 Å². The van der Waals surface area contributed by atoms with Gasteiger partial charge in [-0.2, -0.15) is 0 Å². The standard InChI is InChI=1S/C18H16O5/c1-3-15-17(21-9-19-15)7-11(1)13-5-6-14(23-13)12-2-4-16-18(8-12)22-10-20-16/h1-4,7-8,13-14H,5-6,9-10H2/t13-,14+. The molecular weight excluding hydrogens is 296 g/mol. The Morgan fingerprint density at radius 1 is 0.609 bits per heavy atom. The molecule has 0 aliphatic carbocycles. The second kappa shape index (κ2) is 5.06. The largest absolute Gasteiger partial charge is 0.454 e. The fourth-order valence-electron chi connectivity index (χ4n) is 3.35. The van der Waals surface area contributed by atoms with Crippen molar-refractivity contribution in [1.29, 1.82) is 0 Å². The zero-order chi connectivity index (χ0) is 15.2. The summed E-state index contributed by atoms with van der Waals surface area (Å²) in [6, 6.07) is 12.1. The first-order valence-electron chi connectivity index (χ1n) is 7.81. The van der Waals surface area contributed by atoms with Crippen LogP contribution in [0.15, 0.2) is 36.4 Å². The van der Waals surface area contributed by atoms with Crippen molar-refractivity contribution in [3.05, 3.63) is 47.5 Å². The molecule has 3 heterocycles. The molecule has 0 radical (unpaired) electrons. The van der Waals surface area contributed by atoms with Gasteiger partial charge in [-0.3, -0.25) is 0 Å². The van der Waals surface area contributed by atoms with Gasteiger partial charge in [0.25, 0.3) is 0 Å². The van der Waals surface area contributed by atoms with Crippen LogP contribution in [0, 0.1) is 0 Å². The molecule has 0 N–H and O–H groups in total. The normalized spacial score (nSPS) is 24.2. The summed E-state index contributed by atoms with van der Waals surface area (Å²) < 4.78 is 27.9. The third kappa shape index (κ3) is 2.19. The Morgan fingerprint density at radius 2 is 1.09 bits per heavy atom. The van der Waals surface area contributed by atoms with Gasteiger partial charge < -0.3 is 23.7 Å². The van der Waals surface area contributed by atoms with Crippen molar-refractivity contribution in [1.82, 2.24) is 0 Å². The van der Waals surface area contributed by atoms with Crippen molar-refractivity contribution in [2.75, 3.05) is 13.6 Å². The van der Waals surface area contributed by atoms with E-state index in [4.69, 9.17) is 23.7 Å². The number of hydrogen-bond acceptors (Lipinski definition) is 5. The average Bonchev–Trinajstić information content (AvgIpc) is 3.32. The van der Waals surface area contributed by atoms with E-state index in [2.05, 4.69) is 12.1 Å². The van der Waals surface area contributed by atoms with Gasteiger partial charge in [0.2, 0.25) is 13.6 Å². The highest BCUT2D eigenvalue weighted by atomic mass is 16.7. The van der Waals surface area contributed by atoms with Gasteiger partial charge in [-0.1, -0.05) is 12.1 Å². The van der Waals surface area contributed by atoms with Crippen molar-refractivity contribution < 1.29 is 23.7 Å². The van der Waals surface area contributed by atoms with Crippen LogP contribution >= 0.6 is 0 Å². The minimum atomic E-state index is 0.0833. The van der Waals surface area contributed by atoms with Crippen LogP contribution < -0.4 is 18.9 Å². The SMILES string of the molecule is c1cc2c(cc1[C@@H]1CC[C@H](c3ccc4c(c3)OCO4)O1)OCO2. The molecule has 2 aromatic rings. The minimum Gasteiger partial charge on any atom is -0.454 e.